The zero-order valence-corrected chi connectivity index (χ0v) is 35.3. The van der Waals surface area contributed by atoms with Crippen LogP contribution in [0.1, 0.15) is 60.5 Å². The molecule has 1 aliphatic rings. The Bertz CT molecular complexity index is 789. The van der Waals surface area contributed by atoms with Crippen LogP contribution in [0.4, 0.5) is 0 Å². The Balaban J connectivity index is -0.000000107. The average molecular weight is 1140 g/mol. The van der Waals surface area contributed by atoms with Gasteiger partial charge in [0.25, 0.3) is 0 Å². The smallest absolute Gasteiger partial charge is 0.200 e. The maximum atomic E-state index is 11.7. The number of amides is 2. The van der Waals surface area contributed by atoms with Gasteiger partial charge in [-0.3, -0.25) is 9.59 Å². The van der Waals surface area contributed by atoms with Crippen LogP contribution in [0.3, 0.4) is 0 Å². The number of aromatic nitrogens is 1. The molecule has 1 aromatic heterocycles. The quantitative estimate of drug-likeness (QED) is 0.301. The first kappa shape index (κ1) is 51.4. The molecule has 3 unspecified atom stereocenters. The summed E-state index contributed by atoms with van der Waals surface area (Å²) < 4.78 is 0. The molecule has 3 N–H and O–H groups in total. The van der Waals surface area contributed by atoms with Crippen LogP contribution in [0.5, 0.6) is 0 Å². The maximum Gasteiger partial charge on any atom is 0.200 e. The number of rotatable bonds is 6. The molecule has 3 rings (SSSR count). The number of hydrogen-bond acceptors (Lipinski definition) is 5. The van der Waals surface area contributed by atoms with Gasteiger partial charge in [0.1, 0.15) is 0 Å². The van der Waals surface area contributed by atoms with Crippen molar-refractivity contribution in [2.24, 2.45) is 0 Å². The molecule has 2 amide bonds. The Morgan fingerprint density at radius 2 is 1.76 bits per heavy atom. The number of β-amino-alcohol motifs (C(OH)–C–C–N with tert-alkyl or cyclic N) is 1. The number of carbonyl (C=O) groups excluding carboxylic acids is 2. The summed E-state index contributed by atoms with van der Waals surface area (Å²) in [5.74, 6) is 0.609. The van der Waals surface area contributed by atoms with E-state index in [1.165, 1.54) is 0 Å². The van der Waals surface area contributed by atoms with Gasteiger partial charge in [-0.05, 0) is 18.9 Å². The SMILES string of the molecule is CC.CC.C[C-](C)C([NH-])C(=O)N1CC(O)CC1C.O=CN[CH-]c1ccc(-c2[c-]ncs2)cc1.[CH3-].[Re].[Re].[Re].[Y]. The Labute approximate surface area is 301 Å². The minimum atomic E-state index is -0.775. The van der Waals surface area contributed by atoms with Crippen molar-refractivity contribution in [1.82, 2.24) is 15.2 Å². The van der Waals surface area contributed by atoms with Crippen molar-refractivity contribution in [2.75, 3.05) is 6.54 Å². The van der Waals surface area contributed by atoms with Crippen LogP contribution in [0, 0.1) is 26.1 Å². The van der Waals surface area contributed by atoms with Crippen LogP contribution in [0.15, 0.2) is 29.8 Å². The third-order valence-corrected chi connectivity index (χ3v) is 5.31. The molecular formula is C26H41N4O3Re3SY-5. The van der Waals surface area contributed by atoms with E-state index in [-0.39, 0.29) is 113 Å². The van der Waals surface area contributed by atoms with Crippen molar-refractivity contribution < 1.29 is 109 Å². The van der Waals surface area contributed by atoms with Crippen LogP contribution < -0.4 is 5.32 Å². The molecule has 0 bridgehead atoms. The van der Waals surface area contributed by atoms with E-state index >= 15 is 0 Å². The van der Waals surface area contributed by atoms with Crippen molar-refractivity contribution in [3.63, 3.8) is 0 Å². The second-order valence-corrected chi connectivity index (χ2v) is 7.94. The van der Waals surface area contributed by atoms with Crippen LogP contribution in [-0.2, 0) is 104 Å². The fourth-order valence-electron chi connectivity index (χ4n) is 2.91. The van der Waals surface area contributed by atoms with E-state index in [1.807, 2.05) is 58.9 Å². The van der Waals surface area contributed by atoms with Crippen LogP contribution in [0.25, 0.3) is 16.2 Å². The van der Waals surface area contributed by atoms with Gasteiger partial charge in [0.15, 0.2) is 12.3 Å². The molecular weight excluding hydrogens is 1100 g/mol. The van der Waals surface area contributed by atoms with E-state index in [4.69, 9.17) is 5.73 Å². The summed E-state index contributed by atoms with van der Waals surface area (Å²) in [4.78, 5) is 28.3. The Hall–Kier alpha value is 0.671. The van der Waals surface area contributed by atoms with Gasteiger partial charge < -0.3 is 39.4 Å². The first-order valence-corrected chi connectivity index (χ1v) is 12.2. The summed E-state index contributed by atoms with van der Waals surface area (Å²) >= 11 is 1.55. The monoisotopic (exact) mass is 1140 g/mol. The molecule has 0 aliphatic carbocycles. The average Bonchev–Trinajstić information content (AvgIpc) is 3.49. The Kier molecular flexibility index (Phi) is 41.4. The predicted octanol–water partition coefficient (Wildman–Crippen LogP) is 5.36. The normalized spacial score (nSPS) is 15.1. The number of carbonyl (C=O) groups is 2. The number of aliphatic hydroxyl groups is 1. The second-order valence-electron chi connectivity index (χ2n) is 7.08. The van der Waals surface area contributed by atoms with Crippen LogP contribution in [0.2, 0.25) is 0 Å². The number of hydrogen-bond donors (Lipinski definition) is 2. The first-order valence-electron chi connectivity index (χ1n) is 11.3. The van der Waals surface area contributed by atoms with E-state index in [9.17, 15) is 14.7 Å². The van der Waals surface area contributed by atoms with E-state index < -0.39 is 12.1 Å². The summed E-state index contributed by atoms with van der Waals surface area (Å²) in [6, 6.07) is 7.09. The molecule has 3 atom stereocenters. The van der Waals surface area contributed by atoms with E-state index in [0.717, 1.165) is 21.9 Å². The van der Waals surface area contributed by atoms with Gasteiger partial charge in [0.05, 0.1) is 6.10 Å². The largest absolute Gasteiger partial charge is 0.693 e. The number of benzene rings is 1. The molecule has 0 spiro atoms. The number of nitrogens with zero attached hydrogens (tertiary/aromatic N) is 2. The van der Waals surface area contributed by atoms with E-state index in [0.29, 0.717) is 19.4 Å². The fraction of sp³-hybridized carbons (Fsp3) is 0.462. The molecule has 1 saturated heterocycles. The Morgan fingerprint density at radius 3 is 2.13 bits per heavy atom. The summed E-state index contributed by atoms with van der Waals surface area (Å²) in [5, 5.41) is 11.9. The topological polar surface area (TPSA) is 106 Å². The van der Waals surface area contributed by atoms with Crippen molar-refractivity contribution >= 4 is 23.7 Å². The number of likely N-dealkylation sites (tertiary alicyclic amines) is 1. The molecule has 2 aromatic rings. The van der Waals surface area contributed by atoms with Gasteiger partial charge >= 0.3 is 0 Å². The molecule has 218 valence electrons. The standard InChI is InChI=1S/C11H8N2OS.C10H18N2O2.2C2H6.CH3.3Re.Y/c14-7-12-5-9-1-3-10(4-2-9)11-6-13-8-15-11;1-6(2)9(11)10(14)12-5-8(13)4-7(12)3;2*1-2;;;;;/h1-5,7-8H,(H,12,14);7-9,11,13H,4-5H2,1-3H3;2*1-2H3;1H3;;;;/q2*-2;;;-1;;;;. The third-order valence-electron chi connectivity index (χ3n) is 4.54. The molecule has 2 heterocycles. The predicted molar refractivity (Wildman–Crippen MR) is 143 cm³/mol. The number of thiazole rings is 1. The fourth-order valence-corrected chi connectivity index (χ4v) is 3.49. The molecule has 0 saturated carbocycles. The van der Waals surface area contributed by atoms with Gasteiger partial charge in [-0.25, -0.2) is 11.3 Å². The molecule has 38 heavy (non-hydrogen) atoms. The summed E-state index contributed by atoms with van der Waals surface area (Å²) in [7, 11) is 0. The number of aliphatic hydroxyl groups excluding tert-OH is 1. The van der Waals surface area contributed by atoms with Crippen molar-refractivity contribution in [3.05, 3.63) is 67.2 Å². The van der Waals surface area contributed by atoms with Crippen LogP contribution >= 0.6 is 11.3 Å². The summed E-state index contributed by atoms with van der Waals surface area (Å²) in [6.07, 6.45) is 3.75. The molecule has 12 heteroatoms. The van der Waals surface area contributed by atoms with Crippen molar-refractivity contribution in [2.45, 2.75) is 73.1 Å². The minimum Gasteiger partial charge on any atom is -0.693 e. The zero-order valence-electron chi connectivity index (χ0n) is 23.5. The first-order chi connectivity index (χ1) is 15.8. The maximum absolute atomic E-state index is 11.7. The van der Waals surface area contributed by atoms with Crippen LogP contribution in [-0.4, -0.2) is 52.0 Å². The third kappa shape index (κ3) is 18.9. The van der Waals surface area contributed by atoms with Gasteiger partial charge in [0.2, 0.25) is 0 Å². The Morgan fingerprint density at radius 1 is 1.24 bits per heavy atom. The second kappa shape index (κ2) is 30.6. The molecule has 1 fully saturated rings. The summed E-state index contributed by atoms with van der Waals surface area (Å²) in [6.45, 7) is 15.5. The zero-order chi connectivity index (χ0) is 25.4. The number of nitrogens with one attached hydrogen (secondary N) is 2. The van der Waals surface area contributed by atoms with E-state index in [1.54, 1.807) is 42.1 Å². The molecule has 4 radical (unpaired) electrons. The van der Waals surface area contributed by atoms with Crippen molar-refractivity contribution in [1.29, 1.82) is 0 Å². The minimum absolute atomic E-state index is 0. The van der Waals surface area contributed by atoms with Gasteiger partial charge in [-0.15, -0.1) is 5.56 Å². The molecule has 1 aliphatic heterocycles. The van der Waals surface area contributed by atoms with Crippen molar-refractivity contribution in [3.8, 4) is 10.4 Å². The van der Waals surface area contributed by atoms with E-state index in [2.05, 4.69) is 16.5 Å². The van der Waals surface area contributed by atoms with Gasteiger partial charge in [-0.1, -0.05) is 45.3 Å². The van der Waals surface area contributed by atoms with Gasteiger partial charge in [0, 0.05) is 107 Å². The summed E-state index contributed by atoms with van der Waals surface area (Å²) in [5.41, 5.74) is 11.4. The molecule has 7 nitrogen and oxygen atoms in total. The van der Waals surface area contributed by atoms with Gasteiger partial charge in [-0.2, -0.15) is 49.7 Å². The molecule has 1 aromatic carbocycles.